The summed E-state index contributed by atoms with van der Waals surface area (Å²) in [7, 11) is 0. The molecule has 1 aliphatic carbocycles. The van der Waals surface area contributed by atoms with Crippen LogP contribution in [-0.2, 0) is 0 Å². The minimum atomic E-state index is 0.322. The molecule has 1 nitrogen and oxygen atoms in total. The van der Waals surface area contributed by atoms with Crippen LogP contribution in [0.1, 0.15) is 33.1 Å². The summed E-state index contributed by atoms with van der Waals surface area (Å²) in [5.74, 6) is 1.09. The van der Waals surface area contributed by atoms with E-state index in [1.54, 1.807) is 29.8 Å². The van der Waals surface area contributed by atoms with Crippen LogP contribution in [0.2, 0.25) is 0 Å². The maximum Gasteiger partial charge on any atom is 0.115 e. The molecule has 2 rings (SSSR count). The summed E-state index contributed by atoms with van der Waals surface area (Å²) in [5.41, 5.74) is 2.90. The van der Waals surface area contributed by atoms with E-state index in [0.717, 1.165) is 5.92 Å². The number of aromatic hydroxyl groups is 1. The highest BCUT2D eigenvalue weighted by Crippen LogP contribution is 2.27. The van der Waals surface area contributed by atoms with Crippen molar-refractivity contribution in [2.75, 3.05) is 0 Å². The van der Waals surface area contributed by atoms with Gasteiger partial charge in [0, 0.05) is 0 Å². The van der Waals surface area contributed by atoms with Crippen molar-refractivity contribution >= 4 is 0 Å². The fourth-order valence-corrected chi connectivity index (χ4v) is 1.84. The number of allylic oxidation sites excluding steroid dienone is 3. The Morgan fingerprint density at radius 2 is 1.94 bits per heavy atom. The topological polar surface area (TPSA) is 20.2 Å². The van der Waals surface area contributed by atoms with E-state index in [0.29, 0.717) is 5.75 Å². The summed E-state index contributed by atoms with van der Waals surface area (Å²) in [5, 5.41) is 8.63. The molecule has 1 heteroatoms. The molecule has 0 bridgehead atoms. The average molecular weight is 230 g/mol. The highest BCUT2D eigenvalue weighted by Gasteiger charge is 2.11. The fourth-order valence-electron chi connectivity index (χ4n) is 1.84. The van der Waals surface area contributed by atoms with Crippen LogP contribution in [0.3, 0.4) is 0 Å². The Bertz CT molecular complexity index is 376. The van der Waals surface area contributed by atoms with Crippen LogP contribution >= 0.6 is 0 Å². The average Bonchev–Trinajstić information content (AvgIpc) is 2.31. The number of rotatable bonds is 1. The smallest absolute Gasteiger partial charge is 0.115 e. The van der Waals surface area contributed by atoms with Gasteiger partial charge in [0.1, 0.15) is 5.75 Å². The van der Waals surface area contributed by atoms with Crippen LogP contribution in [0.5, 0.6) is 5.75 Å². The van der Waals surface area contributed by atoms with Crippen molar-refractivity contribution in [1.82, 2.24) is 0 Å². The lowest BCUT2D eigenvalue weighted by Gasteiger charge is -2.19. The molecule has 0 fully saturated rings. The second kappa shape index (κ2) is 6.95. The third-order valence-corrected chi connectivity index (χ3v) is 3.09. The predicted octanol–water partition coefficient (Wildman–Crippen LogP) is 4.70. The number of hydrogen-bond acceptors (Lipinski definition) is 1. The second-order valence-corrected chi connectivity index (χ2v) is 4.70. The third-order valence-electron chi connectivity index (χ3n) is 3.09. The van der Waals surface area contributed by atoms with E-state index in [4.69, 9.17) is 5.11 Å². The second-order valence-electron chi connectivity index (χ2n) is 4.70. The van der Waals surface area contributed by atoms with Gasteiger partial charge < -0.3 is 5.11 Å². The van der Waals surface area contributed by atoms with Gasteiger partial charge in [-0.1, -0.05) is 42.0 Å². The van der Waals surface area contributed by atoms with Crippen LogP contribution in [0.25, 0.3) is 0 Å². The van der Waals surface area contributed by atoms with E-state index in [9.17, 15) is 0 Å². The number of para-hydroxylation sites is 1. The Kier molecular flexibility index (Phi) is 5.55. The van der Waals surface area contributed by atoms with Crippen molar-refractivity contribution in [2.45, 2.75) is 33.1 Å². The minimum Gasteiger partial charge on any atom is -0.508 e. The van der Waals surface area contributed by atoms with Gasteiger partial charge in [-0.2, -0.15) is 0 Å². The Morgan fingerprint density at radius 1 is 1.29 bits per heavy atom. The molecule has 1 aromatic rings. The summed E-state index contributed by atoms with van der Waals surface area (Å²) >= 11 is 0. The Morgan fingerprint density at radius 3 is 2.29 bits per heavy atom. The monoisotopic (exact) mass is 230 g/mol. The van der Waals surface area contributed by atoms with Crippen molar-refractivity contribution in [1.29, 1.82) is 0 Å². The van der Waals surface area contributed by atoms with Gasteiger partial charge in [-0.15, -0.1) is 0 Å². The zero-order valence-corrected chi connectivity index (χ0v) is 10.8. The molecule has 1 N–H and O–H groups in total. The van der Waals surface area contributed by atoms with Crippen molar-refractivity contribution in [2.24, 2.45) is 5.92 Å². The van der Waals surface area contributed by atoms with Gasteiger partial charge in [0.2, 0.25) is 0 Å². The van der Waals surface area contributed by atoms with Crippen LogP contribution in [0.15, 0.2) is 54.1 Å². The van der Waals surface area contributed by atoms with Crippen LogP contribution < -0.4 is 0 Å². The van der Waals surface area contributed by atoms with Crippen LogP contribution in [-0.4, -0.2) is 5.11 Å². The standard InChI is InChI=1S/C10H16.C6H6O/c1-8(2)10-6-4-9(3)5-7-10;7-6-4-2-1-3-5-6/h4,10H,1,5-7H2,2-3H3;1-5,7H. The fraction of sp³-hybridized carbons (Fsp3) is 0.375. The third kappa shape index (κ3) is 5.39. The van der Waals surface area contributed by atoms with Crippen molar-refractivity contribution < 1.29 is 5.11 Å². The van der Waals surface area contributed by atoms with E-state index in [-0.39, 0.29) is 0 Å². The first-order valence-electron chi connectivity index (χ1n) is 6.14. The zero-order chi connectivity index (χ0) is 12.7. The first-order valence-corrected chi connectivity index (χ1v) is 6.14. The Labute approximate surface area is 104 Å². The predicted molar refractivity (Wildman–Crippen MR) is 74.0 cm³/mol. The highest BCUT2D eigenvalue weighted by molar-refractivity contribution is 5.18. The van der Waals surface area contributed by atoms with Crippen LogP contribution in [0, 0.1) is 5.92 Å². The summed E-state index contributed by atoms with van der Waals surface area (Å²) < 4.78 is 0. The molecule has 0 saturated heterocycles. The van der Waals surface area contributed by atoms with E-state index in [1.165, 1.54) is 24.8 Å². The molecule has 0 radical (unpaired) electrons. The molecule has 1 aromatic carbocycles. The normalized spacial score (nSPS) is 18.7. The van der Waals surface area contributed by atoms with Gasteiger partial charge in [-0.3, -0.25) is 0 Å². The number of hydrogen-bond donors (Lipinski definition) is 1. The van der Waals surface area contributed by atoms with Gasteiger partial charge >= 0.3 is 0 Å². The quantitative estimate of drug-likeness (QED) is 0.693. The summed E-state index contributed by atoms with van der Waals surface area (Å²) in [6.07, 6.45) is 6.17. The molecule has 1 unspecified atom stereocenters. The van der Waals surface area contributed by atoms with Gasteiger partial charge in [0.15, 0.2) is 0 Å². The van der Waals surface area contributed by atoms with Crippen LogP contribution in [0.4, 0.5) is 0 Å². The molecular weight excluding hydrogens is 208 g/mol. The Hall–Kier alpha value is -1.50. The maximum absolute atomic E-state index is 8.63. The zero-order valence-electron chi connectivity index (χ0n) is 10.8. The molecule has 0 amide bonds. The highest BCUT2D eigenvalue weighted by atomic mass is 16.3. The number of phenols is 1. The molecule has 17 heavy (non-hydrogen) atoms. The number of phenolic OH excluding ortho intramolecular Hbond substituents is 1. The molecular formula is C16H22O. The molecule has 0 aliphatic heterocycles. The lowest BCUT2D eigenvalue weighted by molar-refractivity contribution is 0.475. The Balaban J connectivity index is 0.000000181. The molecule has 0 heterocycles. The van der Waals surface area contributed by atoms with Crippen molar-refractivity contribution in [3.8, 4) is 5.75 Å². The summed E-state index contributed by atoms with van der Waals surface area (Å²) in [4.78, 5) is 0. The molecule has 0 spiro atoms. The van der Waals surface area contributed by atoms with Crippen molar-refractivity contribution in [3.63, 3.8) is 0 Å². The summed E-state index contributed by atoms with van der Waals surface area (Å²) in [6.45, 7) is 8.33. The summed E-state index contributed by atoms with van der Waals surface area (Å²) in [6, 6.07) is 8.71. The first kappa shape index (κ1) is 13.6. The van der Waals surface area contributed by atoms with Crippen molar-refractivity contribution in [3.05, 3.63) is 54.1 Å². The molecule has 0 saturated carbocycles. The van der Waals surface area contributed by atoms with Gasteiger partial charge in [-0.25, -0.2) is 0 Å². The SMILES string of the molecule is C=C(C)C1CC=C(C)CC1.Oc1ccccc1. The molecule has 0 aromatic heterocycles. The maximum atomic E-state index is 8.63. The molecule has 1 atom stereocenters. The van der Waals surface area contributed by atoms with E-state index in [2.05, 4.69) is 26.5 Å². The van der Waals surface area contributed by atoms with Gasteiger partial charge in [-0.05, 0) is 51.2 Å². The first-order chi connectivity index (χ1) is 8.09. The van der Waals surface area contributed by atoms with E-state index in [1.807, 2.05) is 6.07 Å². The number of benzene rings is 1. The van der Waals surface area contributed by atoms with E-state index >= 15 is 0 Å². The van der Waals surface area contributed by atoms with E-state index < -0.39 is 0 Å². The lowest BCUT2D eigenvalue weighted by Crippen LogP contribution is -2.04. The molecule has 92 valence electrons. The minimum absolute atomic E-state index is 0.322. The van der Waals surface area contributed by atoms with Gasteiger partial charge in [0.25, 0.3) is 0 Å². The lowest BCUT2D eigenvalue weighted by atomic mass is 9.86. The largest absolute Gasteiger partial charge is 0.508 e. The molecule has 1 aliphatic rings. The van der Waals surface area contributed by atoms with Gasteiger partial charge in [0.05, 0.1) is 0 Å².